The molecule has 1 heterocycles. The van der Waals surface area contributed by atoms with Gasteiger partial charge in [0.1, 0.15) is 5.69 Å². The molecule has 2 rings (SSSR count). The van der Waals surface area contributed by atoms with Crippen LogP contribution in [0.3, 0.4) is 0 Å². The summed E-state index contributed by atoms with van der Waals surface area (Å²) < 4.78 is 1.75. The minimum Gasteiger partial charge on any atom is -0.311 e. The van der Waals surface area contributed by atoms with Gasteiger partial charge in [-0.2, -0.15) is 5.10 Å². The zero-order valence-corrected chi connectivity index (χ0v) is 13.3. The lowest BCUT2D eigenvalue weighted by atomic mass is 10.2. The van der Waals surface area contributed by atoms with E-state index in [1.54, 1.807) is 10.7 Å². The summed E-state index contributed by atoms with van der Waals surface area (Å²) in [7, 11) is 0. The van der Waals surface area contributed by atoms with E-state index in [9.17, 15) is 4.79 Å². The van der Waals surface area contributed by atoms with E-state index >= 15 is 0 Å². The lowest BCUT2D eigenvalue weighted by Gasteiger charge is -2.12. The largest absolute Gasteiger partial charge is 0.311 e. The van der Waals surface area contributed by atoms with Crippen LogP contribution in [-0.4, -0.2) is 16.3 Å². The number of aryl methyl sites for hydroxylation is 1. The smallest absolute Gasteiger partial charge is 0.204 e. The molecule has 0 spiro atoms. The molecule has 4 nitrogen and oxygen atoms in total. The molecule has 0 unspecified atom stereocenters. The summed E-state index contributed by atoms with van der Waals surface area (Å²) in [4.78, 5) is 12.0. The normalized spacial score (nSPS) is 11.1. The van der Waals surface area contributed by atoms with E-state index in [2.05, 4.69) is 24.3 Å². The average molecular weight is 306 g/mol. The Morgan fingerprint density at radius 2 is 2.10 bits per heavy atom. The lowest BCUT2D eigenvalue weighted by molar-refractivity contribution is 0.541. The molecule has 0 aliphatic carbocycles. The number of nitrogens with one attached hydrogen (secondary N) is 1. The molecule has 0 saturated heterocycles. The summed E-state index contributed by atoms with van der Waals surface area (Å²) in [5.74, 6) is 0.533. The van der Waals surface area contributed by atoms with E-state index in [1.807, 2.05) is 31.2 Å². The maximum atomic E-state index is 12.0. The molecule has 0 aliphatic heterocycles. The van der Waals surface area contributed by atoms with Gasteiger partial charge < -0.3 is 5.32 Å². The van der Waals surface area contributed by atoms with Crippen molar-refractivity contribution in [3.05, 3.63) is 57.0 Å². The first-order chi connectivity index (χ1) is 9.97. The van der Waals surface area contributed by atoms with Crippen molar-refractivity contribution >= 4 is 11.6 Å². The van der Waals surface area contributed by atoms with Crippen LogP contribution in [-0.2, 0) is 6.54 Å². The van der Waals surface area contributed by atoms with Crippen LogP contribution >= 0.6 is 11.6 Å². The van der Waals surface area contributed by atoms with E-state index in [0.29, 0.717) is 23.2 Å². The Morgan fingerprint density at radius 3 is 2.76 bits per heavy atom. The van der Waals surface area contributed by atoms with E-state index in [-0.39, 0.29) is 5.43 Å². The van der Waals surface area contributed by atoms with Crippen molar-refractivity contribution in [1.29, 1.82) is 0 Å². The second-order valence-electron chi connectivity index (χ2n) is 5.51. The minimum atomic E-state index is -0.0398. The Labute approximate surface area is 129 Å². The van der Waals surface area contributed by atoms with Gasteiger partial charge in [0.2, 0.25) is 5.43 Å². The molecule has 1 N–H and O–H groups in total. The van der Waals surface area contributed by atoms with Crippen molar-refractivity contribution in [3.8, 4) is 5.69 Å². The lowest BCUT2D eigenvalue weighted by Crippen LogP contribution is -2.26. The van der Waals surface area contributed by atoms with Gasteiger partial charge in [-0.15, -0.1) is 0 Å². The Kier molecular flexibility index (Phi) is 5.15. The summed E-state index contributed by atoms with van der Waals surface area (Å²) in [6.45, 7) is 7.43. The summed E-state index contributed by atoms with van der Waals surface area (Å²) in [6, 6.07) is 9.04. The summed E-state index contributed by atoms with van der Waals surface area (Å²) in [6.07, 6.45) is 0. The highest BCUT2D eigenvalue weighted by Gasteiger charge is 2.08. The number of benzene rings is 1. The zero-order valence-electron chi connectivity index (χ0n) is 12.6. The van der Waals surface area contributed by atoms with Crippen molar-refractivity contribution in [3.63, 3.8) is 0 Å². The number of rotatable bonds is 5. The molecule has 0 amide bonds. The van der Waals surface area contributed by atoms with Gasteiger partial charge in [-0.3, -0.25) is 4.79 Å². The molecule has 112 valence electrons. The van der Waals surface area contributed by atoms with Crippen LogP contribution in [0, 0.1) is 12.8 Å². The number of hydrogen-bond acceptors (Lipinski definition) is 3. The highest BCUT2D eigenvalue weighted by atomic mass is 35.5. The number of aromatic nitrogens is 2. The SMILES string of the molecule is Cc1cc(=O)c(CNCC(C)C)nn1-c1cccc(Cl)c1. The second-order valence-corrected chi connectivity index (χ2v) is 5.95. The van der Waals surface area contributed by atoms with Gasteiger partial charge in [0.05, 0.1) is 5.69 Å². The Hall–Kier alpha value is -1.65. The summed E-state index contributed by atoms with van der Waals surface area (Å²) in [5, 5.41) is 8.36. The van der Waals surface area contributed by atoms with Crippen LogP contribution in [0.15, 0.2) is 35.1 Å². The maximum Gasteiger partial charge on any atom is 0.204 e. The summed E-state index contributed by atoms with van der Waals surface area (Å²) in [5.41, 5.74) is 2.11. The van der Waals surface area contributed by atoms with Crippen molar-refractivity contribution in [2.75, 3.05) is 6.54 Å². The fraction of sp³-hybridized carbons (Fsp3) is 0.375. The minimum absolute atomic E-state index is 0.0398. The third-order valence-corrected chi connectivity index (χ3v) is 3.31. The fourth-order valence-electron chi connectivity index (χ4n) is 2.05. The van der Waals surface area contributed by atoms with Gasteiger partial charge in [0.25, 0.3) is 0 Å². The second kappa shape index (κ2) is 6.87. The predicted octanol–water partition coefficient (Wildman–Crippen LogP) is 2.94. The predicted molar refractivity (Wildman–Crippen MR) is 86.1 cm³/mol. The van der Waals surface area contributed by atoms with E-state index in [0.717, 1.165) is 17.9 Å². The van der Waals surface area contributed by atoms with Crippen molar-refractivity contribution < 1.29 is 0 Å². The number of halogens is 1. The number of nitrogens with zero attached hydrogens (tertiary/aromatic N) is 2. The van der Waals surface area contributed by atoms with Crippen LogP contribution in [0.25, 0.3) is 5.69 Å². The van der Waals surface area contributed by atoms with E-state index in [4.69, 9.17) is 11.6 Å². The zero-order chi connectivity index (χ0) is 15.4. The third-order valence-electron chi connectivity index (χ3n) is 3.08. The first kappa shape index (κ1) is 15.7. The Bertz CT molecular complexity index is 679. The summed E-state index contributed by atoms with van der Waals surface area (Å²) >= 11 is 6.02. The van der Waals surface area contributed by atoms with E-state index < -0.39 is 0 Å². The monoisotopic (exact) mass is 305 g/mol. The molecule has 0 aliphatic rings. The quantitative estimate of drug-likeness (QED) is 0.924. The number of hydrogen-bond donors (Lipinski definition) is 1. The molecule has 2 aromatic rings. The molecule has 0 bridgehead atoms. The molecule has 1 aromatic heterocycles. The van der Waals surface area contributed by atoms with Crippen molar-refractivity contribution in [2.45, 2.75) is 27.3 Å². The van der Waals surface area contributed by atoms with Crippen LogP contribution in [0.4, 0.5) is 0 Å². The average Bonchev–Trinajstić information content (AvgIpc) is 2.40. The van der Waals surface area contributed by atoms with Gasteiger partial charge in [-0.05, 0) is 37.6 Å². The first-order valence-corrected chi connectivity index (χ1v) is 7.41. The van der Waals surface area contributed by atoms with Gasteiger partial charge in [-0.25, -0.2) is 4.68 Å². The van der Waals surface area contributed by atoms with Crippen molar-refractivity contribution in [2.24, 2.45) is 5.92 Å². The van der Waals surface area contributed by atoms with Crippen molar-refractivity contribution in [1.82, 2.24) is 15.1 Å². The van der Waals surface area contributed by atoms with Crippen LogP contribution in [0.5, 0.6) is 0 Å². The Morgan fingerprint density at radius 1 is 1.33 bits per heavy atom. The highest BCUT2D eigenvalue weighted by Crippen LogP contribution is 2.15. The van der Waals surface area contributed by atoms with Crippen LogP contribution in [0.2, 0.25) is 5.02 Å². The van der Waals surface area contributed by atoms with Gasteiger partial charge in [-0.1, -0.05) is 31.5 Å². The molecule has 5 heteroatoms. The molecule has 0 saturated carbocycles. The molecular weight excluding hydrogens is 286 g/mol. The van der Waals surface area contributed by atoms with E-state index in [1.165, 1.54) is 0 Å². The third kappa shape index (κ3) is 4.16. The van der Waals surface area contributed by atoms with Gasteiger partial charge in [0.15, 0.2) is 0 Å². The molecule has 0 atom stereocenters. The van der Waals surface area contributed by atoms with Gasteiger partial charge >= 0.3 is 0 Å². The van der Waals surface area contributed by atoms with Crippen LogP contribution < -0.4 is 10.7 Å². The standard InChI is InChI=1S/C16H20ClN3O/c1-11(2)9-18-10-15-16(21)7-12(3)20(19-15)14-6-4-5-13(17)8-14/h4-8,11,18H,9-10H2,1-3H3. The molecule has 1 aromatic carbocycles. The fourth-order valence-corrected chi connectivity index (χ4v) is 2.24. The van der Waals surface area contributed by atoms with Crippen LogP contribution in [0.1, 0.15) is 25.2 Å². The molecule has 21 heavy (non-hydrogen) atoms. The molecule has 0 radical (unpaired) electrons. The highest BCUT2D eigenvalue weighted by molar-refractivity contribution is 6.30. The van der Waals surface area contributed by atoms with Gasteiger partial charge in [0, 0.05) is 23.3 Å². The Balaban J connectivity index is 2.32. The molecule has 0 fully saturated rings. The first-order valence-electron chi connectivity index (χ1n) is 7.04. The topological polar surface area (TPSA) is 46.9 Å². The maximum absolute atomic E-state index is 12.0. The molecular formula is C16H20ClN3O.